The van der Waals surface area contributed by atoms with E-state index >= 15 is 0 Å². The van der Waals surface area contributed by atoms with Crippen LogP contribution in [0.1, 0.15) is 31.9 Å². The van der Waals surface area contributed by atoms with Gasteiger partial charge < -0.3 is 10.2 Å². The molecule has 1 N–H and O–H groups in total. The molecular weight excluding hydrogens is 239 g/mol. The van der Waals surface area contributed by atoms with Crippen LogP contribution in [0.3, 0.4) is 0 Å². The summed E-state index contributed by atoms with van der Waals surface area (Å²) < 4.78 is 13.9. The Hall–Kier alpha value is -0.930. The molecule has 1 aromatic rings. The van der Waals surface area contributed by atoms with Crippen molar-refractivity contribution in [2.24, 2.45) is 11.8 Å². The molecule has 3 unspecified atom stereocenters. The van der Waals surface area contributed by atoms with E-state index in [1.165, 1.54) is 6.42 Å². The minimum absolute atomic E-state index is 0.0682. The van der Waals surface area contributed by atoms with E-state index < -0.39 is 0 Å². The van der Waals surface area contributed by atoms with Crippen LogP contribution in [0.25, 0.3) is 0 Å². The molecule has 0 bridgehead atoms. The maximum Gasteiger partial charge on any atom is 0.128 e. The Morgan fingerprint density at radius 3 is 2.47 bits per heavy atom. The molecule has 0 radical (unpaired) electrons. The fourth-order valence-electron chi connectivity index (χ4n) is 3.30. The number of likely N-dealkylation sites (tertiary alicyclic amines) is 1. The summed E-state index contributed by atoms with van der Waals surface area (Å²) in [6.45, 7) is 7.74. The molecule has 1 saturated heterocycles. The lowest BCUT2D eigenvalue weighted by Crippen LogP contribution is -2.43. The Bertz CT molecular complexity index is 397. The third-order valence-corrected chi connectivity index (χ3v) is 4.01. The van der Waals surface area contributed by atoms with E-state index in [-0.39, 0.29) is 11.9 Å². The van der Waals surface area contributed by atoms with Gasteiger partial charge in [0, 0.05) is 31.2 Å². The topological polar surface area (TPSA) is 15.3 Å². The molecule has 1 fully saturated rings. The van der Waals surface area contributed by atoms with E-state index in [0.717, 1.165) is 37.0 Å². The normalized spacial score (nSPS) is 26.3. The highest BCUT2D eigenvalue weighted by Gasteiger charge is 2.24. The number of hydrogen-bond donors (Lipinski definition) is 1. The third kappa shape index (κ3) is 3.77. The monoisotopic (exact) mass is 264 g/mol. The molecule has 0 aromatic heterocycles. The van der Waals surface area contributed by atoms with Crippen LogP contribution >= 0.6 is 0 Å². The summed E-state index contributed by atoms with van der Waals surface area (Å²) in [6, 6.07) is 7.15. The number of nitrogens with zero attached hydrogens (tertiary/aromatic N) is 1. The lowest BCUT2D eigenvalue weighted by atomic mass is 9.91. The fraction of sp³-hybridized carbons (Fsp3) is 0.625. The van der Waals surface area contributed by atoms with Gasteiger partial charge in [0.25, 0.3) is 0 Å². The molecular formula is C16H25FN2. The summed E-state index contributed by atoms with van der Waals surface area (Å²) in [6.07, 6.45) is 1.31. The Morgan fingerprint density at radius 1 is 1.26 bits per heavy atom. The zero-order valence-electron chi connectivity index (χ0n) is 12.2. The molecule has 1 aliphatic heterocycles. The second-order valence-electron chi connectivity index (χ2n) is 6.03. The van der Waals surface area contributed by atoms with E-state index in [9.17, 15) is 4.39 Å². The average Bonchev–Trinajstić information content (AvgIpc) is 2.36. The zero-order valence-corrected chi connectivity index (χ0v) is 12.2. The van der Waals surface area contributed by atoms with E-state index in [2.05, 4.69) is 24.1 Å². The van der Waals surface area contributed by atoms with Crippen molar-refractivity contribution in [3.63, 3.8) is 0 Å². The van der Waals surface area contributed by atoms with Gasteiger partial charge in [-0.05, 0) is 31.4 Å². The van der Waals surface area contributed by atoms with Crippen LogP contribution in [0.5, 0.6) is 0 Å². The van der Waals surface area contributed by atoms with Crippen LogP contribution in [0.4, 0.5) is 4.39 Å². The molecule has 2 rings (SSSR count). The molecule has 2 nitrogen and oxygen atoms in total. The molecule has 19 heavy (non-hydrogen) atoms. The molecule has 3 heteroatoms. The van der Waals surface area contributed by atoms with Crippen molar-refractivity contribution in [1.82, 2.24) is 10.2 Å². The number of halogens is 1. The van der Waals surface area contributed by atoms with Crippen LogP contribution in [0, 0.1) is 17.7 Å². The second-order valence-corrected chi connectivity index (χ2v) is 6.03. The Kier molecular flexibility index (Phi) is 4.94. The first kappa shape index (κ1) is 14.5. The number of nitrogens with one attached hydrogen (secondary N) is 1. The highest BCUT2D eigenvalue weighted by Crippen LogP contribution is 2.24. The largest absolute Gasteiger partial charge is 0.312 e. The standard InChI is InChI=1S/C16H25FN2/c1-12-8-13(2)10-19(9-12)11-16(18-3)14-6-4-5-7-15(14)17/h4-7,12-13,16,18H,8-11H2,1-3H3. The Balaban J connectivity index is 2.05. The van der Waals surface area contributed by atoms with Gasteiger partial charge >= 0.3 is 0 Å². The van der Waals surface area contributed by atoms with E-state index in [4.69, 9.17) is 0 Å². The summed E-state index contributed by atoms with van der Waals surface area (Å²) in [5.74, 6) is 1.36. The molecule has 3 atom stereocenters. The van der Waals surface area contributed by atoms with Crippen molar-refractivity contribution in [3.05, 3.63) is 35.6 Å². The number of benzene rings is 1. The van der Waals surface area contributed by atoms with Gasteiger partial charge in [0.05, 0.1) is 0 Å². The van der Waals surface area contributed by atoms with Gasteiger partial charge in [-0.25, -0.2) is 4.39 Å². The molecule has 106 valence electrons. The maximum absolute atomic E-state index is 13.9. The summed E-state index contributed by atoms with van der Waals surface area (Å²) in [4.78, 5) is 2.46. The van der Waals surface area contributed by atoms with Crippen molar-refractivity contribution in [1.29, 1.82) is 0 Å². The van der Waals surface area contributed by atoms with Crippen molar-refractivity contribution in [2.75, 3.05) is 26.7 Å². The molecule has 1 aromatic carbocycles. The molecule has 0 saturated carbocycles. The summed E-state index contributed by atoms with van der Waals surface area (Å²) in [7, 11) is 1.91. The predicted molar refractivity (Wildman–Crippen MR) is 77.6 cm³/mol. The van der Waals surface area contributed by atoms with Gasteiger partial charge in [-0.15, -0.1) is 0 Å². The van der Waals surface area contributed by atoms with Crippen LogP contribution in [0.15, 0.2) is 24.3 Å². The van der Waals surface area contributed by atoms with Crippen molar-refractivity contribution in [2.45, 2.75) is 26.3 Å². The molecule has 1 heterocycles. The van der Waals surface area contributed by atoms with Gasteiger partial charge in [-0.3, -0.25) is 0 Å². The SMILES string of the molecule is CNC(CN1CC(C)CC(C)C1)c1ccccc1F. The van der Waals surface area contributed by atoms with Crippen LogP contribution < -0.4 is 5.32 Å². The van der Waals surface area contributed by atoms with Crippen LogP contribution in [-0.4, -0.2) is 31.6 Å². The van der Waals surface area contributed by atoms with Crippen LogP contribution in [0.2, 0.25) is 0 Å². The average molecular weight is 264 g/mol. The van der Waals surface area contributed by atoms with Gasteiger partial charge in [-0.2, -0.15) is 0 Å². The first-order valence-electron chi connectivity index (χ1n) is 7.24. The smallest absolute Gasteiger partial charge is 0.128 e. The first-order valence-corrected chi connectivity index (χ1v) is 7.24. The highest BCUT2D eigenvalue weighted by atomic mass is 19.1. The molecule has 0 aliphatic carbocycles. The van der Waals surface area contributed by atoms with Crippen molar-refractivity contribution >= 4 is 0 Å². The number of hydrogen-bond acceptors (Lipinski definition) is 2. The minimum atomic E-state index is -0.111. The summed E-state index contributed by atoms with van der Waals surface area (Å²) >= 11 is 0. The van der Waals surface area contributed by atoms with Crippen molar-refractivity contribution < 1.29 is 4.39 Å². The van der Waals surface area contributed by atoms with Crippen molar-refractivity contribution in [3.8, 4) is 0 Å². The van der Waals surface area contributed by atoms with E-state index in [1.807, 2.05) is 19.2 Å². The summed E-state index contributed by atoms with van der Waals surface area (Å²) in [5.41, 5.74) is 0.774. The second kappa shape index (κ2) is 6.49. The summed E-state index contributed by atoms with van der Waals surface area (Å²) in [5, 5.41) is 3.25. The lowest BCUT2D eigenvalue weighted by Gasteiger charge is -2.37. The van der Waals surface area contributed by atoms with E-state index in [1.54, 1.807) is 12.1 Å². The predicted octanol–water partition coefficient (Wildman–Crippen LogP) is 3.06. The minimum Gasteiger partial charge on any atom is -0.312 e. The zero-order chi connectivity index (χ0) is 13.8. The number of rotatable bonds is 4. The van der Waals surface area contributed by atoms with Gasteiger partial charge in [0.2, 0.25) is 0 Å². The lowest BCUT2D eigenvalue weighted by molar-refractivity contribution is 0.129. The fourth-order valence-corrected chi connectivity index (χ4v) is 3.30. The van der Waals surface area contributed by atoms with Crippen LogP contribution in [-0.2, 0) is 0 Å². The number of piperidine rings is 1. The van der Waals surface area contributed by atoms with E-state index in [0.29, 0.717) is 0 Å². The third-order valence-electron chi connectivity index (χ3n) is 4.01. The number of likely N-dealkylation sites (N-methyl/N-ethyl adjacent to an activating group) is 1. The van der Waals surface area contributed by atoms with Gasteiger partial charge in [0.15, 0.2) is 0 Å². The maximum atomic E-state index is 13.9. The molecule has 1 aliphatic rings. The quantitative estimate of drug-likeness (QED) is 0.899. The van der Waals surface area contributed by atoms with Gasteiger partial charge in [0.1, 0.15) is 5.82 Å². The molecule has 0 amide bonds. The van der Waals surface area contributed by atoms with Gasteiger partial charge in [-0.1, -0.05) is 32.0 Å². The highest BCUT2D eigenvalue weighted by molar-refractivity contribution is 5.21. The molecule has 0 spiro atoms. The first-order chi connectivity index (χ1) is 9.10. The Labute approximate surface area is 116 Å². The Morgan fingerprint density at radius 2 is 1.89 bits per heavy atom.